The van der Waals surface area contributed by atoms with Crippen molar-refractivity contribution >= 4 is 0 Å². The average Bonchev–Trinajstić information content (AvgIpc) is 2.62. The molecular formula is C19H26O. The third-order valence-electron chi connectivity index (χ3n) is 4.68. The minimum Gasteiger partial charge on any atom is -0.483 e. The first kappa shape index (κ1) is 13.7. The summed E-state index contributed by atoms with van der Waals surface area (Å²) < 4.78 is 6.35. The lowest BCUT2D eigenvalue weighted by Crippen LogP contribution is -2.39. The third kappa shape index (κ3) is 2.39. The van der Waals surface area contributed by atoms with Crippen LogP contribution in [0.4, 0.5) is 0 Å². The van der Waals surface area contributed by atoms with Gasteiger partial charge in [-0.2, -0.15) is 0 Å². The van der Waals surface area contributed by atoms with Gasteiger partial charge in [-0.1, -0.05) is 52.0 Å². The van der Waals surface area contributed by atoms with Gasteiger partial charge >= 0.3 is 0 Å². The van der Waals surface area contributed by atoms with E-state index < -0.39 is 0 Å². The minimum absolute atomic E-state index is 0.154. The Morgan fingerprint density at radius 3 is 2.30 bits per heavy atom. The summed E-state index contributed by atoms with van der Waals surface area (Å²) in [4.78, 5) is 0. The zero-order valence-electron chi connectivity index (χ0n) is 13.4. The van der Waals surface area contributed by atoms with Gasteiger partial charge in [0, 0.05) is 6.42 Å². The van der Waals surface area contributed by atoms with Crippen molar-refractivity contribution < 1.29 is 4.74 Å². The van der Waals surface area contributed by atoms with Gasteiger partial charge in [0.05, 0.1) is 0 Å². The topological polar surface area (TPSA) is 9.23 Å². The summed E-state index contributed by atoms with van der Waals surface area (Å²) in [6.45, 7) is 11.7. The molecule has 0 aromatic heterocycles. The van der Waals surface area contributed by atoms with Crippen molar-refractivity contribution in [2.75, 3.05) is 0 Å². The Morgan fingerprint density at radius 2 is 1.65 bits per heavy atom. The summed E-state index contributed by atoms with van der Waals surface area (Å²) in [6, 6.07) is 8.46. The van der Waals surface area contributed by atoms with Crippen LogP contribution in [0.15, 0.2) is 35.9 Å². The SMILES string of the molecule is CC1(C)C=C(C2(C)Cc3ccccc3O2)CC(C)(C)C1. The number of allylic oxidation sites excluding steroid dienone is 1. The highest BCUT2D eigenvalue weighted by Crippen LogP contribution is 2.50. The predicted molar refractivity (Wildman–Crippen MR) is 84.1 cm³/mol. The van der Waals surface area contributed by atoms with Gasteiger partial charge in [-0.3, -0.25) is 0 Å². The molecule has 1 aliphatic heterocycles. The predicted octanol–water partition coefficient (Wildman–Crippen LogP) is 5.15. The Labute approximate surface area is 123 Å². The van der Waals surface area contributed by atoms with Gasteiger partial charge in [-0.15, -0.1) is 0 Å². The fraction of sp³-hybridized carbons (Fsp3) is 0.579. The van der Waals surface area contributed by atoms with E-state index >= 15 is 0 Å². The van der Waals surface area contributed by atoms with Crippen LogP contribution < -0.4 is 4.74 Å². The van der Waals surface area contributed by atoms with E-state index in [4.69, 9.17) is 4.74 Å². The molecule has 1 heterocycles. The Bertz CT molecular complexity index is 538. The Morgan fingerprint density at radius 1 is 0.950 bits per heavy atom. The van der Waals surface area contributed by atoms with Crippen molar-refractivity contribution in [3.05, 3.63) is 41.5 Å². The van der Waals surface area contributed by atoms with Crippen LogP contribution in [0.5, 0.6) is 5.75 Å². The van der Waals surface area contributed by atoms with E-state index in [0.29, 0.717) is 5.41 Å². The fourth-order valence-corrected chi connectivity index (χ4v) is 4.30. The normalized spacial score (nSPS) is 30.4. The first-order chi connectivity index (χ1) is 9.19. The Balaban J connectivity index is 1.96. The molecule has 1 aromatic rings. The molecule has 20 heavy (non-hydrogen) atoms. The zero-order chi connectivity index (χ0) is 14.6. The molecule has 0 fully saturated rings. The number of rotatable bonds is 1. The largest absolute Gasteiger partial charge is 0.483 e. The van der Waals surface area contributed by atoms with Gasteiger partial charge in [0.25, 0.3) is 0 Å². The van der Waals surface area contributed by atoms with Crippen molar-refractivity contribution in [2.24, 2.45) is 10.8 Å². The van der Waals surface area contributed by atoms with E-state index in [2.05, 4.69) is 65.0 Å². The lowest BCUT2D eigenvalue weighted by atomic mass is 9.64. The molecule has 0 saturated heterocycles. The standard InChI is InChI=1S/C19H26O/c1-17(2)11-15(12-18(3,4)13-17)19(5)10-14-8-6-7-9-16(14)20-19/h6-9,11H,10,12-13H2,1-5H3. The molecule has 1 nitrogen and oxygen atoms in total. The molecule has 0 N–H and O–H groups in total. The second-order valence-electron chi connectivity index (χ2n) is 8.29. The molecule has 1 heteroatoms. The maximum atomic E-state index is 6.35. The quantitative estimate of drug-likeness (QED) is 0.641. The van der Waals surface area contributed by atoms with Crippen molar-refractivity contribution in [1.82, 2.24) is 0 Å². The van der Waals surface area contributed by atoms with Gasteiger partial charge < -0.3 is 4.74 Å². The lowest BCUT2D eigenvalue weighted by molar-refractivity contribution is 0.119. The zero-order valence-corrected chi connectivity index (χ0v) is 13.4. The molecule has 0 bridgehead atoms. The molecule has 0 spiro atoms. The van der Waals surface area contributed by atoms with Crippen LogP contribution in [0.25, 0.3) is 0 Å². The molecule has 0 saturated carbocycles. The highest BCUT2D eigenvalue weighted by molar-refractivity contribution is 5.43. The van der Waals surface area contributed by atoms with Crippen molar-refractivity contribution in [2.45, 2.75) is 59.5 Å². The number of benzene rings is 1. The van der Waals surface area contributed by atoms with Gasteiger partial charge in [-0.05, 0) is 47.8 Å². The van der Waals surface area contributed by atoms with Crippen LogP contribution in [-0.4, -0.2) is 5.60 Å². The molecule has 108 valence electrons. The van der Waals surface area contributed by atoms with E-state index in [-0.39, 0.29) is 11.0 Å². The molecule has 3 rings (SSSR count). The molecule has 0 amide bonds. The molecule has 1 aromatic carbocycles. The van der Waals surface area contributed by atoms with Crippen molar-refractivity contribution in [3.8, 4) is 5.75 Å². The number of hydrogen-bond acceptors (Lipinski definition) is 1. The molecule has 1 aliphatic carbocycles. The van der Waals surface area contributed by atoms with Gasteiger partial charge in [-0.25, -0.2) is 0 Å². The van der Waals surface area contributed by atoms with Crippen molar-refractivity contribution in [3.63, 3.8) is 0 Å². The molecule has 1 unspecified atom stereocenters. The molecule has 0 radical (unpaired) electrons. The smallest absolute Gasteiger partial charge is 0.131 e. The first-order valence-corrected chi connectivity index (χ1v) is 7.68. The van der Waals surface area contributed by atoms with Crippen LogP contribution in [0.2, 0.25) is 0 Å². The van der Waals surface area contributed by atoms with Gasteiger partial charge in [0.15, 0.2) is 0 Å². The summed E-state index contributed by atoms with van der Waals surface area (Å²) in [5.41, 5.74) is 3.29. The van der Waals surface area contributed by atoms with Crippen LogP contribution in [-0.2, 0) is 6.42 Å². The number of para-hydroxylation sites is 1. The summed E-state index contributed by atoms with van der Waals surface area (Å²) in [6.07, 6.45) is 5.86. The van der Waals surface area contributed by atoms with Crippen LogP contribution >= 0.6 is 0 Å². The molecular weight excluding hydrogens is 244 g/mol. The second kappa shape index (κ2) is 4.13. The average molecular weight is 270 g/mol. The van der Waals surface area contributed by atoms with Gasteiger partial charge in [0.2, 0.25) is 0 Å². The van der Waals surface area contributed by atoms with E-state index in [1.54, 1.807) is 0 Å². The summed E-state index contributed by atoms with van der Waals surface area (Å²) in [7, 11) is 0. The third-order valence-corrected chi connectivity index (χ3v) is 4.68. The Kier molecular flexibility index (Phi) is 2.83. The number of ether oxygens (including phenoxy) is 1. The van der Waals surface area contributed by atoms with Crippen molar-refractivity contribution in [1.29, 1.82) is 0 Å². The van der Waals surface area contributed by atoms with Gasteiger partial charge in [0.1, 0.15) is 11.4 Å². The second-order valence-corrected chi connectivity index (χ2v) is 8.29. The summed E-state index contributed by atoms with van der Waals surface area (Å²) >= 11 is 0. The monoisotopic (exact) mass is 270 g/mol. The maximum absolute atomic E-state index is 6.35. The highest BCUT2D eigenvalue weighted by atomic mass is 16.5. The van der Waals surface area contributed by atoms with E-state index in [1.165, 1.54) is 17.6 Å². The molecule has 1 atom stereocenters. The minimum atomic E-state index is -0.154. The van der Waals surface area contributed by atoms with E-state index in [0.717, 1.165) is 18.6 Å². The number of hydrogen-bond donors (Lipinski definition) is 0. The lowest BCUT2D eigenvalue weighted by Gasteiger charge is -2.43. The summed E-state index contributed by atoms with van der Waals surface area (Å²) in [5.74, 6) is 1.07. The first-order valence-electron chi connectivity index (χ1n) is 7.68. The van der Waals surface area contributed by atoms with E-state index in [9.17, 15) is 0 Å². The summed E-state index contributed by atoms with van der Waals surface area (Å²) in [5, 5.41) is 0. The number of fused-ring (bicyclic) bond motifs is 1. The molecule has 2 aliphatic rings. The highest BCUT2D eigenvalue weighted by Gasteiger charge is 2.44. The fourth-order valence-electron chi connectivity index (χ4n) is 4.30. The van der Waals surface area contributed by atoms with Crippen LogP contribution in [0.3, 0.4) is 0 Å². The van der Waals surface area contributed by atoms with E-state index in [1.807, 2.05) is 0 Å². The Hall–Kier alpha value is -1.24. The maximum Gasteiger partial charge on any atom is 0.131 e. The van der Waals surface area contributed by atoms with Crippen LogP contribution in [0.1, 0.15) is 53.0 Å². The van der Waals surface area contributed by atoms with Crippen LogP contribution in [0, 0.1) is 10.8 Å².